The molecule has 0 saturated carbocycles. The summed E-state index contributed by atoms with van der Waals surface area (Å²) in [4.78, 5) is 22.7. The van der Waals surface area contributed by atoms with E-state index in [1.165, 1.54) is 0 Å². The quantitative estimate of drug-likeness (QED) is 0.708. The van der Waals surface area contributed by atoms with Crippen LogP contribution in [-0.4, -0.2) is 37.6 Å². The maximum absolute atomic E-state index is 11.8. The van der Waals surface area contributed by atoms with Crippen molar-refractivity contribution in [2.75, 3.05) is 19.7 Å². The topological polar surface area (TPSA) is 93.5 Å². The van der Waals surface area contributed by atoms with Crippen molar-refractivity contribution in [3.63, 3.8) is 0 Å². The molecule has 0 spiro atoms. The second-order valence-corrected chi connectivity index (χ2v) is 5.10. The first kappa shape index (κ1) is 15.3. The Kier molecular flexibility index (Phi) is 5.57. The number of carbonyl (C=O) groups is 2. The van der Waals surface area contributed by atoms with E-state index in [0.717, 1.165) is 25.9 Å². The predicted molar refractivity (Wildman–Crippen MR) is 79.1 cm³/mol. The fraction of sp³-hybridized carbons (Fsp3) is 0.467. The van der Waals surface area contributed by atoms with Gasteiger partial charge < -0.3 is 21.1 Å². The van der Waals surface area contributed by atoms with Gasteiger partial charge in [0.25, 0.3) is 0 Å². The summed E-state index contributed by atoms with van der Waals surface area (Å²) >= 11 is 0. The van der Waals surface area contributed by atoms with Gasteiger partial charge in [-0.1, -0.05) is 0 Å². The fourth-order valence-electron chi connectivity index (χ4n) is 2.25. The van der Waals surface area contributed by atoms with Crippen LogP contribution in [0.25, 0.3) is 0 Å². The molecule has 0 aromatic heterocycles. The molecule has 114 valence electrons. The Morgan fingerprint density at radius 2 is 2.10 bits per heavy atom. The van der Waals surface area contributed by atoms with Crippen molar-refractivity contribution in [1.82, 2.24) is 10.6 Å². The van der Waals surface area contributed by atoms with Crippen LogP contribution in [0.15, 0.2) is 24.3 Å². The maximum atomic E-state index is 11.8. The lowest BCUT2D eigenvalue weighted by Gasteiger charge is -2.23. The fourth-order valence-corrected chi connectivity index (χ4v) is 2.25. The molecule has 1 saturated heterocycles. The number of nitrogens with two attached hydrogens (primary N) is 1. The van der Waals surface area contributed by atoms with Gasteiger partial charge in [-0.3, -0.25) is 9.59 Å². The minimum atomic E-state index is -0.470. The van der Waals surface area contributed by atoms with Crippen molar-refractivity contribution in [2.24, 2.45) is 5.73 Å². The van der Waals surface area contributed by atoms with Crippen molar-refractivity contribution >= 4 is 11.8 Å². The molecular formula is C15H21N3O3. The van der Waals surface area contributed by atoms with Gasteiger partial charge in [0.1, 0.15) is 5.75 Å². The molecule has 21 heavy (non-hydrogen) atoms. The van der Waals surface area contributed by atoms with E-state index in [9.17, 15) is 9.59 Å². The van der Waals surface area contributed by atoms with E-state index in [1.807, 2.05) is 0 Å². The first-order chi connectivity index (χ1) is 10.1. The van der Waals surface area contributed by atoms with Gasteiger partial charge in [-0.2, -0.15) is 0 Å². The van der Waals surface area contributed by atoms with Crippen molar-refractivity contribution in [3.05, 3.63) is 29.8 Å². The van der Waals surface area contributed by atoms with Crippen LogP contribution in [-0.2, 0) is 4.79 Å². The molecule has 2 amide bonds. The maximum Gasteiger partial charge on any atom is 0.248 e. The predicted octanol–water partition coefficient (Wildman–Crippen LogP) is 0.423. The Labute approximate surface area is 124 Å². The zero-order chi connectivity index (χ0) is 15.1. The van der Waals surface area contributed by atoms with Crippen molar-refractivity contribution in [1.29, 1.82) is 0 Å². The lowest BCUT2D eigenvalue weighted by Crippen LogP contribution is -2.45. The number of hydrogen-bond acceptors (Lipinski definition) is 4. The average Bonchev–Trinajstić information content (AvgIpc) is 2.49. The normalized spacial score (nSPS) is 18.0. The van der Waals surface area contributed by atoms with E-state index in [0.29, 0.717) is 24.3 Å². The summed E-state index contributed by atoms with van der Waals surface area (Å²) in [7, 11) is 0. The summed E-state index contributed by atoms with van der Waals surface area (Å²) in [6, 6.07) is 6.77. The summed E-state index contributed by atoms with van der Waals surface area (Å²) < 4.78 is 5.47. The first-order valence-corrected chi connectivity index (χ1v) is 7.18. The highest BCUT2D eigenvalue weighted by molar-refractivity contribution is 5.92. The molecule has 1 aliphatic rings. The van der Waals surface area contributed by atoms with E-state index >= 15 is 0 Å². The zero-order valence-corrected chi connectivity index (χ0v) is 11.9. The van der Waals surface area contributed by atoms with Crippen LogP contribution in [0, 0.1) is 0 Å². The van der Waals surface area contributed by atoms with Gasteiger partial charge >= 0.3 is 0 Å². The molecule has 1 aromatic rings. The second kappa shape index (κ2) is 7.64. The molecule has 0 radical (unpaired) electrons. The molecule has 6 heteroatoms. The molecular weight excluding hydrogens is 270 g/mol. The summed E-state index contributed by atoms with van der Waals surface area (Å²) in [5, 5.41) is 6.24. The molecule has 1 heterocycles. The van der Waals surface area contributed by atoms with E-state index < -0.39 is 5.91 Å². The van der Waals surface area contributed by atoms with E-state index in [4.69, 9.17) is 10.5 Å². The van der Waals surface area contributed by atoms with Gasteiger partial charge in [0.15, 0.2) is 0 Å². The summed E-state index contributed by atoms with van der Waals surface area (Å²) in [5.74, 6) is 0.145. The lowest BCUT2D eigenvalue weighted by atomic mass is 10.1. The molecule has 0 bridgehead atoms. The number of primary amides is 1. The molecule has 0 unspecified atom stereocenters. The summed E-state index contributed by atoms with van der Waals surface area (Å²) in [6.45, 7) is 2.17. The molecule has 0 aliphatic carbocycles. The average molecular weight is 291 g/mol. The third-order valence-electron chi connectivity index (χ3n) is 3.40. The van der Waals surface area contributed by atoms with Gasteiger partial charge in [0, 0.05) is 18.2 Å². The lowest BCUT2D eigenvalue weighted by molar-refractivity contribution is -0.122. The van der Waals surface area contributed by atoms with Crippen LogP contribution in [0.3, 0.4) is 0 Å². The first-order valence-electron chi connectivity index (χ1n) is 7.18. The van der Waals surface area contributed by atoms with Gasteiger partial charge in [0.05, 0.1) is 13.0 Å². The smallest absolute Gasteiger partial charge is 0.248 e. The van der Waals surface area contributed by atoms with Crippen molar-refractivity contribution < 1.29 is 14.3 Å². The number of benzene rings is 1. The third kappa shape index (κ3) is 5.07. The molecule has 6 nitrogen and oxygen atoms in total. The molecule has 1 aliphatic heterocycles. The van der Waals surface area contributed by atoms with E-state index in [1.54, 1.807) is 24.3 Å². The number of ether oxygens (including phenoxy) is 1. The number of hydrogen-bond donors (Lipinski definition) is 3. The highest BCUT2D eigenvalue weighted by Gasteiger charge is 2.14. The number of amides is 2. The zero-order valence-electron chi connectivity index (χ0n) is 11.9. The van der Waals surface area contributed by atoms with Crippen LogP contribution >= 0.6 is 0 Å². The summed E-state index contributed by atoms with van der Waals surface area (Å²) in [6.07, 6.45) is 2.43. The van der Waals surface area contributed by atoms with E-state index in [2.05, 4.69) is 10.6 Å². The molecule has 1 atom stereocenters. The molecule has 1 fully saturated rings. The Balaban J connectivity index is 1.68. The van der Waals surface area contributed by atoms with Gasteiger partial charge in [-0.25, -0.2) is 0 Å². The minimum Gasteiger partial charge on any atom is -0.493 e. The number of rotatable bonds is 6. The Morgan fingerprint density at radius 1 is 1.33 bits per heavy atom. The number of piperidine rings is 1. The SMILES string of the molecule is NC(=O)c1ccc(OCCC(=O)N[C@H]2CCCNC2)cc1. The number of carbonyl (C=O) groups excluding carboxylic acids is 2. The van der Waals surface area contributed by atoms with Crippen molar-refractivity contribution in [3.8, 4) is 5.75 Å². The Hall–Kier alpha value is -2.08. The molecule has 4 N–H and O–H groups in total. The van der Waals surface area contributed by atoms with Crippen LogP contribution < -0.4 is 21.1 Å². The van der Waals surface area contributed by atoms with Crippen LogP contribution in [0.5, 0.6) is 5.75 Å². The molecule has 1 aromatic carbocycles. The van der Waals surface area contributed by atoms with Crippen LogP contribution in [0.2, 0.25) is 0 Å². The third-order valence-corrected chi connectivity index (χ3v) is 3.40. The van der Waals surface area contributed by atoms with Gasteiger partial charge in [-0.15, -0.1) is 0 Å². The van der Waals surface area contributed by atoms with Crippen LogP contribution in [0.4, 0.5) is 0 Å². The summed E-state index contributed by atoms with van der Waals surface area (Å²) in [5.41, 5.74) is 5.59. The second-order valence-electron chi connectivity index (χ2n) is 5.10. The minimum absolute atomic E-state index is 0.00236. The van der Waals surface area contributed by atoms with Crippen LogP contribution in [0.1, 0.15) is 29.6 Å². The highest BCUT2D eigenvalue weighted by atomic mass is 16.5. The van der Waals surface area contributed by atoms with Gasteiger partial charge in [0.2, 0.25) is 11.8 Å². The van der Waals surface area contributed by atoms with Gasteiger partial charge in [-0.05, 0) is 43.7 Å². The van der Waals surface area contributed by atoms with E-state index in [-0.39, 0.29) is 11.9 Å². The molecule has 2 rings (SSSR count). The highest BCUT2D eigenvalue weighted by Crippen LogP contribution is 2.12. The number of nitrogens with one attached hydrogen (secondary N) is 2. The standard InChI is InChI=1S/C15H21N3O3/c16-15(20)11-3-5-13(6-4-11)21-9-7-14(19)18-12-2-1-8-17-10-12/h3-6,12,17H,1-2,7-10H2,(H2,16,20)(H,18,19)/t12-/m0/s1. The Bertz CT molecular complexity index is 481. The monoisotopic (exact) mass is 291 g/mol. The van der Waals surface area contributed by atoms with Crippen molar-refractivity contribution in [2.45, 2.75) is 25.3 Å². The Morgan fingerprint density at radius 3 is 2.71 bits per heavy atom. The largest absolute Gasteiger partial charge is 0.493 e.